The van der Waals surface area contributed by atoms with Gasteiger partial charge in [-0.1, -0.05) is 13.8 Å². The van der Waals surface area contributed by atoms with Gasteiger partial charge in [0.2, 0.25) is 0 Å². The minimum Gasteiger partial charge on any atom is -0.246 e. The zero-order valence-electron chi connectivity index (χ0n) is 6.46. The van der Waals surface area contributed by atoms with Crippen LogP contribution in [0.4, 0.5) is 0 Å². The number of hydrogen-bond donors (Lipinski definition) is 0. The quantitative estimate of drug-likeness (QED) is 0.599. The Kier molecular flexibility index (Phi) is 6.22. The molecule has 0 aliphatic heterocycles. The van der Waals surface area contributed by atoms with Crippen LogP contribution in [0.25, 0.3) is 0 Å². The van der Waals surface area contributed by atoms with Crippen LogP contribution in [0.2, 0.25) is 0 Å². The molecule has 0 saturated carbocycles. The zero-order chi connectivity index (χ0) is 7.98. The molecule has 0 radical (unpaired) electrons. The first kappa shape index (κ1) is 10.3. The Hall–Kier alpha value is 0.300. The lowest BCUT2D eigenvalue weighted by molar-refractivity contribution is 0.675. The van der Waals surface area contributed by atoms with Crippen LogP contribution in [0.3, 0.4) is 0 Å². The molecule has 0 fully saturated rings. The van der Waals surface area contributed by atoms with Gasteiger partial charge in [-0.2, -0.15) is 0 Å². The molecule has 4 heteroatoms. The average Bonchev–Trinajstić information content (AvgIpc) is 1.89. The molecule has 10 heavy (non-hydrogen) atoms. The Balaban J connectivity index is 3.60. The summed E-state index contributed by atoms with van der Waals surface area (Å²) in [6, 6.07) is 0. The third-order valence-corrected chi connectivity index (χ3v) is 5.09. The summed E-state index contributed by atoms with van der Waals surface area (Å²) in [6.45, 7) is 3.89. The van der Waals surface area contributed by atoms with Crippen LogP contribution in [0, 0.1) is 0 Å². The van der Waals surface area contributed by atoms with Crippen molar-refractivity contribution in [1.29, 1.82) is 0 Å². The fourth-order valence-corrected chi connectivity index (χ4v) is 3.67. The summed E-state index contributed by atoms with van der Waals surface area (Å²) in [5, 5.41) is 0. The molecule has 62 valence electrons. The van der Waals surface area contributed by atoms with Gasteiger partial charge >= 0.3 is 0 Å². The topological polar surface area (TPSA) is 34.1 Å². The Morgan fingerprint density at radius 1 is 0.900 bits per heavy atom. The molecule has 2 unspecified atom stereocenters. The maximum absolute atomic E-state index is 10.9. The van der Waals surface area contributed by atoms with Crippen LogP contribution in [-0.4, -0.2) is 19.9 Å². The molecular formula is C6H14O2S2. The first-order chi connectivity index (χ1) is 4.72. The molecule has 0 saturated heterocycles. The van der Waals surface area contributed by atoms with Crippen LogP contribution in [0.5, 0.6) is 0 Å². The lowest BCUT2D eigenvalue weighted by Gasteiger charge is -1.96. The first-order valence-electron chi connectivity index (χ1n) is 3.49. The van der Waals surface area contributed by atoms with Gasteiger partial charge in [0, 0.05) is 11.5 Å². The third kappa shape index (κ3) is 4.17. The van der Waals surface area contributed by atoms with E-state index in [0.717, 1.165) is 12.8 Å². The molecule has 0 spiro atoms. The zero-order valence-corrected chi connectivity index (χ0v) is 8.09. The van der Waals surface area contributed by atoms with E-state index >= 15 is 0 Å². The van der Waals surface area contributed by atoms with E-state index in [4.69, 9.17) is 0 Å². The molecule has 0 amide bonds. The van der Waals surface area contributed by atoms with Crippen LogP contribution in [0.1, 0.15) is 26.7 Å². The van der Waals surface area contributed by atoms with Crippen LogP contribution < -0.4 is 0 Å². The summed E-state index contributed by atoms with van der Waals surface area (Å²) in [4.78, 5) is 0. The van der Waals surface area contributed by atoms with Crippen molar-refractivity contribution in [2.24, 2.45) is 0 Å². The smallest absolute Gasteiger partial charge is 0.110 e. The normalized spacial score (nSPS) is 16.6. The van der Waals surface area contributed by atoms with Gasteiger partial charge in [-0.05, 0) is 12.8 Å². The van der Waals surface area contributed by atoms with Crippen molar-refractivity contribution < 1.29 is 8.42 Å². The van der Waals surface area contributed by atoms with Gasteiger partial charge in [-0.25, -0.2) is 8.42 Å². The molecule has 0 N–H and O–H groups in total. The third-order valence-electron chi connectivity index (χ3n) is 0.949. The van der Waals surface area contributed by atoms with E-state index in [0.29, 0.717) is 11.5 Å². The molecule has 0 aromatic rings. The predicted molar refractivity (Wildman–Crippen MR) is 46.6 cm³/mol. The summed E-state index contributed by atoms with van der Waals surface area (Å²) in [6.07, 6.45) is 1.70. The maximum Gasteiger partial charge on any atom is 0.110 e. The molecule has 0 bridgehead atoms. The van der Waals surface area contributed by atoms with Crippen LogP contribution in [-0.2, 0) is 19.7 Å². The van der Waals surface area contributed by atoms with Crippen molar-refractivity contribution >= 4 is 19.7 Å². The van der Waals surface area contributed by atoms with Crippen molar-refractivity contribution in [3.63, 3.8) is 0 Å². The van der Waals surface area contributed by atoms with Crippen molar-refractivity contribution in [2.45, 2.75) is 26.7 Å². The lowest BCUT2D eigenvalue weighted by atomic mass is 10.6. The number of rotatable bonds is 5. The fourth-order valence-electron chi connectivity index (χ4n) is 0.519. The molecule has 2 nitrogen and oxygen atoms in total. The summed E-state index contributed by atoms with van der Waals surface area (Å²) < 4.78 is 21.9. The van der Waals surface area contributed by atoms with E-state index in [-0.39, 0.29) is 0 Å². The van der Waals surface area contributed by atoms with Crippen molar-refractivity contribution in [3.05, 3.63) is 0 Å². The van der Waals surface area contributed by atoms with E-state index in [1.165, 1.54) is 0 Å². The molecular weight excluding hydrogens is 168 g/mol. The van der Waals surface area contributed by atoms with Crippen molar-refractivity contribution in [3.8, 4) is 0 Å². The largest absolute Gasteiger partial charge is 0.246 e. The first-order valence-corrected chi connectivity index (χ1v) is 6.65. The lowest BCUT2D eigenvalue weighted by Crippen LogP contribution is -2.06. The summed E-state index contributed by atoms with van der Waals surface area (Å²) in [7, 11) is -2.18. The van der Waals surface area contributed by atoms with Crippen LogP contribution >= 0.6 is 0 Å². The van der Waals surface area contributed by atoms with Gasteiger partial charge in [0.15, 0.2) is 0 Å². The second kappa shape index (κ2) is 6.04. The fraction of sp³-hybridized carbons (Fsp3) is 1.00. The molecule has 0 aromatic carbocycles. The van der Waals surface area contributed by atoms with E-state index in [2.05, 4.69) is 0 Å². The van der Waals surface area contributed by atoms with Gasteiger partial charge in [0.1, 0.15) is 19.7 Å². The van der Waals surface area contributed by atoms with E-state index < -0.39 is 19.7 Å². The minimum atomic E-state index is -1.09. The van der Waals surface area contributed by atoms with Gasteiger partial charge < -0.3 is 0 Å². The standard InChI is InChI=1S/C6H14O2S2/c1-3-5-9(7)10(8)6-4-2/h3-6H2,1-2H3. The number of hydrogen-bond acceptors (Lipinski definition) is 2. The summed E-state index contributed by atoms with van der Waals surface area (Å²) in [5.74, 6) is 1.15. The molecule has 2 atom stereocenters. The van der Waals surface area contributed by atoms with Crippen molar-refractivity contribution in [2.75, 3.05) is 11.5 Å². The second-order valence-electron chi connectivity index (χ2n) is 2.02. The molecule has 0 aromatic heterocycles. The predicted octanol–water partition coefficient (Wildman–Crippen LogP) is 1.22. The maximum atomic E-state index is 10.9. The molecule has 0 aliphatic rings. The molecule has 0 heterocycles. The Labute approximate surface area is 66.7 Å². The minimum absolute atomic E-state index is 0.576. The van der Waals surface area contributed by atoms with Gasteiger partial charge in [-0.3, -0.25) is 0 Å². The Morgan fingerprint density at radius 2 is 1.20 bits per heavy atom. The molecule has 0 aliphatic carbocycles. The Morgan fingerprint density at radius 3 is 1.40 bits per heavy atom. The second-order valence-corrected chi connectivity index (χ2v) is 6.28. The van der Waals surface area contributed by atoms with Gasteiger partial charge in [0.25, 0.3) is 0 Å². The van der Waals surface area contributed by atoms with Gasteiger partial charge in [-0.15, -0.1) is 0 Å². The van der Waals surface area contributed by atoms with E-state index in [9.17, 15) is 8.42 Å². The highest BCUT2D eigenvalue weighted by molar-refractivity contribution is 8.61. The Bertz CT molecular complexity index is 118. The summed E-state index contributed by atoms with van der Waals surface area (Å²) >= 11 is 0. The van der Waals surface area contributed by atoms with Crippen molar-refractivity contribution in [1.82, 2.24) is 0 Å². The van der Waals surface area contributed by atoms with E-state index in [1.807, 2.05) is 13.8 Å². The SMILES string of the molecule is CCCS(=O)S(=O)CCC. The summed E-state index contributed by atoms with van der Waals surface area (Å²) in [5.41, 5.74) is 0. The highest BCUT2D eigenvalue weighted by Crippen LogP contribution is 1.96. The van der Waals surface area contributed by atoms with Gasteiger partial charge in [0.05, 0.1) is 0 Å². The molecule has 0 rings (SSSR count). The highest BCUT2D eigenvalue weighted by atomic mass is 33.1. The average molecular weight is 182 g/mol. The monoisotopic (exact) mass is 182 g/mol. The van der Waals surface area contributed by atoms with E-state index in [1.54, 1.807) is 0 Å². The highest BCUT2D eigenvalue weighted by Gasteiger charge is 2.05. The van der Waals surface area contributed by atoms with Crippen LogP contribution in [0.15, 0.2) is 0 Å².